The molecule has 1 saturated heterocycles. The molecule has 4 rings (SSSR count). The van der Waals surface area contributed by atoms with Crippen LogP contribution >= 0.6 is 11.6 Å². The van der Waals surface area contributed by atoms with Gasteiger partial charge in [0.25, 0.3) is 11.6 Å². The maximum Gasteiger partial charge on any atom is 0.270 e. The molecule has 0 bridgehead atoms. The molecule has 0 atom stereocenters. The Kier molecular flexibility index (Phi) is 6.79. The summed E-state index contributed by atoms with van der Waals surface area (Å²) in [6.45, 7) is 8.21. The number of carbonyl (C=O) groups is 1. The third-order valence-corrected chi connectivity index (χ3v) is 6.38. The fraction of sp³-hybridized carbons (Fsp3) is 0.320. The molecule has 0 spiro atoms. The number of anilines is 1. The smallest absolute Gasteiger partial charge is 0.270 e. The number of benzene rings is 2. The minimum atomic E-state index is -0.529. The van der Waals surface area contributed by atoms with Crippen molar-refractivity contribution in [3.05, 3.63) is 91.4 Å². The van der Waals surface area contributed by atoms with Gasteiger partial charge in [-0.2, -0.15) is 0 Å². The number of nitro groups is 1. The molecule has 1 amide bonds. The number of hydrogen-bond acceptors (Lipinski definition) is 6. The van der Waals surface area contributed by atoms with Gasteiger partial charge in [0.1, 0.15) is 11.6 Å². The fourth-order valence-electron chi connectivity index (χ4n) is 4.18. The summed E-state index contributed by atoms with van der Waals surface area (Å²) in [5.41, 5.74) is 4.60. The molecule has 34 heavy (non-hydrogen) atoms. The largest absolute Gasteiger partial charge is 0.353 e. The molecule has 0 saturated carbocycles. The van der Waals surface area contributed by atoms with Crippen LogP contribution in [0.4, 0.5) is 11.5 Å². The maximum absolute atomic E-state index is 13.0. The van der Waals surface area contributed by atoms with Gasteiger partial charge in [0, 0.05) is 56.0 Å². The summed E-state index contributed by atoms with van der Waals surface area (Å²) >= 11 is 6.18. The lowest BCUT2D eigenvalue weighted by Crippen LogP contribution is -2.49. The van der Waals surface area contributed by atoms with Crippen LogP contribution in [0.25, 0.3) is 0 Å². The Balaban J connectivity index is 1.51. The number of carbonyl (C=O) groups excluding carboxylic acids is 1. The van der Waals surface area contributed by atoms with Gasteiger partial charge >= 0.3 is 0 Å². The molecule has 1 fully saturated rings. The van der Waals surface area contributed by atoms with Crippen LogP contribution in [0.5, 0.6) is 0 Å². The highest BCUT2D eigenvalue weighted by Gasteiger charge is 2.27. The SMILES string of the molecule is Cc1ccc(Cc2c(C)nc(C)nc2N2CCN(C(=O)c3ccc([N+](=O)[O-])cc3Cl)CC2)cc1. The average molecular weight is 480 g/mol. The molecular weight excluding hydrogens is 454 g/mol. The normalized spacial score (nSPS) is 13.8. The van der Waals surface area contributed by atoms with E-state index in [1.165, 1.54) is 29.3 Å². The molecule has 0 unspecified atom stereocenters. The van der Waals surface area contributed by atoms with Crippen molar-refractivity contribution in [2.24, 2.45) is 0 Å². The molecular formula is C25H26ClN5O3. The monoisotopic (exact) mass is 479 g/mol. The van der Waals surface area contributed by atoms with Gasteiger partial charge in [-0.1, -0.05) is 41.4 Å². The lowest BCUT2D eigenvalue weighted by Gasteiger charge is -2.36. The number of aryl methyl sites for hydroxylation is 3. The molecule has 0 aliphatic carbocycles. The number of hydrogen-bond donors (Lipinski definition) is 0. The first-order valence-electron chi connectivity index (χ1n) is 11.1. The Morgan fingerprint density at radius 2 is 1.71 bits per heavy atom. The molecule has 8 nitrogen and oxygen atoms in total. The molecule has 2 heterocycles. The van der Waals surface area contributed by atoms with Gasteiger partial charge in [-0.05, 0) is 32.4 Å². The average Bonchev–Trinajstić information content (AvgIpc) is 2.81. The van der Waals surface area contributed by atoms with E-state index in [4.69, 9.17) is 16.6 Å². The van der Waals surface area contributed by atoms with E-state index in [0.717, 1.165) is 29.3 Å². The van der Waals surface area contributed by atoms with E-state index in [2.05, 4.69) is 41.1 Å². The van der Waals surface area contributed by atoms with Crippen LogP contribution < -0.4 is 4.90 Å². The van der Waals surface area contributed by atoms with Crippen molar-refractivity contribution in [1.29, 1.82) is 0 Å². The van der Waals surface area contributed by atoms with Crippen LogP contribution in [0.15, 0.2) is 42.5 Å². The summed E-state index contributed by atoms with van der Waals surface area (Å²) in [5.74, 6) is 1.40. The van der Waals surface area contributed by atoms with Crippen molar-refractivity contribution >= 4 is 29.0 Å². The van der Waals surface area contributed by atoms with E-state index in [9.17, 15) is 14.9 Å². The first kappa shape index (κ1) is 23.6. The number of nitro benzene ring substituents is 1. The zero-order chi connectivity index (χ0) is 24.4. The van der Waals surface area contributed by atoms with Crippen LogP contribution in [0.2, 0.25) is 5.02 Å². The van der Waals surface area contributed by atoms with E-state index < -0.39 is 4.92 Å². The lowest BCUT2D eigenvalue weighted by molar-refractivity contribution is -0.384. The Hall–Kier alpha value is -3.52. The van der Waals surface area contributed by atoms with E-state index in [-0.39, 0.29) is 22.2 Å². The Bertz CT molecular complexity index is 1240. The highest BCUT2D eigenvalue weighted by molar-refractivity contribution is 6.34. The molecule has 0 radical (unpaired) electrons. The first-order valence-corrected chi connectivity index (χ1v) is 11.5. The quantitative estimate of drug-likeness (QED) is 0.394. The summed E-state index contributed by atoms with van der Waals surface area (Å²) in [4.78, 5) is 36.7. The van der Waals surface area contributed by atoms with Crippen LogP contribution in [0, 0.1) is 30.9 Å². The van der Waals surface area contributed by atoms with Gasteiger partial charge in [-0.15, -0.1) is 0 Å². The second kappa shape index (κ2) is 9.77. The topological polar surface area (TPSA) is 92.5 Å². The van der Waals surface area contributed by atoms with Crippen molar-refractivity contribution in [3.63, 3.8) is 0 Å². The minimum absolute atomic E-state index is 0.0871. The van der Waals surface area contributed by atoms with Crippen molar-refractivity contribution < 1.29 is 9.72 Å². The number of halogens is 1. The lowest BCUT2D eigenvalue weighted by atomic mass is 10.0. The van der Waals surface area contributed by atoms with Crippen LogP contribution in [0.3, 0.4) is 0 Å². The van der Waals surface area contributed by atoms with E-state index in [1.54, 1.807) is 4.90 Å². The van der Waals surface area contributed by atoms with Crippen molar-refractivity contribution in [3.8, 4) is 0 Å². The highest BCUT2D eigenvalue weighted by Crippen LogP contribution is 2.27. The molecule has 2 aromatic carbocycles. The molecule has 1 aliphatic heterocycles. The summed E-state index contributed by atoms with van der Waals surface area (Å²) in [6.07, 6.45) is 0.735. The molecule has 0 N–H and O–H groups in total. The van der Waals surface area contributed by atoms with Crippen molar-refractivity contribution in [2.45, 2.75) is 27.2 Å². The summed E-state index contributed by atoms with van der Waals surface area (Å²) in [6, 6.07) is 12.4. The van der Waals surface area contributed by atoms with Crippen molar-refractivity contribution in [2.75, 3.05) is 31.1 Å². The van der Waals surface area contributed by atoms with Crippen LogP contribution in [0.1, 0.15) is 38.6 Å². The second-order valence-corrected chi connectivity index (χ2v) is 8.93. The number of amides is 1. The number of rotatable bonds is 5. The minimum Gasteiger partial charge on any atom is -0.353 e. The fourth-order valence-corrected chi connectivity index (χ4v) is 4.43. The standard InChI is InChI=1S/C25H26ClN5O3/c1-16-4-6-19(7-5-16)14-22-17(2)27-18(3)28-24(22)29-10-12-30(13-11-29)25(32)21-9-8-20(31(33)34)15-23(21)26/h4-9,15H,10-14H2,1-3H3. The number of nitrogens with zero attached hydrogens (tertiary/aromatic N) is 5. The third-order valence-electron chi connectivity index (χ3n) is 6.07. The molecule has 176 valence electrons. The van der Waals surface area contributed by atoms with Gasteiger partial charge < -0.3 is 9.80 Å². The predicted molar refractivity (Wildman–Crippen MR) is 132 cm³/mol. The van der Waals surface area contributed by atoms with E-state index >= 15 is 0 Å². The highest BCUT2D eigenvalue weighted by atomic mass is 35.5. The van der Waals surface area contributed by atoms with Crippen LogP contribution in [-0.2, 0) is 6.42 Å². The van der Waals surface area contributed by atoms with Crippen molar-refractivity contribution in [1.82, 2.24) is 14.9 Å². The Morgan fingerprint density at radius 3 is 2.32 bits per heavy atom. The van der Waals surface area contributed by atoms with E-state index in [1.807, 2.05) is 13.8 Å². The number of aromatic nitrogens is 2. The molecule has 1 aliphatic rings. The zero-order valence-corrected chi connectivity index (χ0v) is 20.2. The molecule has 9 heteroatoms. The van der Waals surface area contributed by atoms with Crippen LogP contribution in [-0.4, -0.2) is 51.9 Å². The summed E-state index contributed by atoms with van der Waals surface area (Å²) in [7, 11) is 0. The van der Waals surface area contributed by atoms with Gasteiger partial charge in [0.15, 0.2) is 0 Å². The zero-order valence-electron chi connectivity index (χ0n) is 19.4. The summed E-state index contributed by atoms with van der Waals surface area (Å²) in [5, 5.41) is 11.0. The first-order chi connectivity index (χ1) is 16.2. The maximum atomic E-state index is 13.0. The Morgan fingerprint density at radius 1 is 1.03 bits per heavy atom. The van der Waals surface area contributed by atoms with Gasteiger partial charge in [0.05, 0.1) is 15.5 Å². The summed E-state index contributed by atoms with van der Waals surface area (Å²) < 4.78 is 0. The Labute approximate surface area is 203 Å². The third kappa shape index (κ3) is 5.02. The number of piperazine rings is 1. The van der Waals surface area contributed by atoms with Gasteiger partial charge in [-0.25, -0.2) is 9.97 Å². The molecule has 3 aromatic rings. The second-order valence-electron chi connectivity index (χ2n) is 8.52. The van der Waals surface area contributed by atoms with Gasteiger partial charge in [-0.3, -0.25) is 14.9 Å². The molecule has 1 aromatic heterocycles. The predicted octanol–water partition coefficient (Wildman–Crippen LogP) is 4.52. The van der Waals surface area contributed by atoms with Gasteiger partial charge in [0.2, 0.25) is 0 Å². The van der Waals surface area contributed by atoms with E-state index in [0.29, 0.717) is 26.2 Å². The number of non-ortho nitro benzene ring substituents is 1.